The molecule has 110 valence electrons. The Morgan fingerprint density at radius 1 is 1.24 bits per heavy atom. The molecule has 0 amide bonds. The van der Waals surface area contributed by atoms with Crippen LogP contribution < -0.4 is 9.47 Å². The third kappa shape index (κ3) is 4.29. The van der Waals surface area contributed by atoms with Crippen LogP contribution in [0, 0.1) is 5.82 Å². The van der Waals surface area contributed by atoms with Crippen molar-refractivity contribution < 1.29 is 18.7 Å². The van der Waals surface area contributed by atoms with Crippen LogP contribution in [0.4, 0.5) is 4.39 Å². The molecule has 5 heteroatoms. The minimum absolute atomic E-state index is 0.0143. The summed E-state index contributed by atoms with van der Waals surface area (Å²) in [5.74, 6) is 0.656. The van der Waals surface area contributed by atoms with Gasteiger partial charge in [0.15, 0.2) is 5.78 Å². The summed E-state index contributed by atoms with van der Waals surface area (Å²) in [7, 11) is 1.57. The van der Waals surface area contributed by atoms with Crippen LogP contribution in [0.3, 0.4) is 0 Å². The smallest absolute Gasteiger partial charge is 0.174 e. The molecule has 0 aliphatic rings. The van der Waals surface area contributed by atoms with Gasteiger partial charge in [-0.25, -0.2) is 4.39 Å². The molecule has 0 N–H and O–H groups in total. The molecule has 2 rings (SSSR count). The first-order chi connectivity index (χ1) is 10.1. The Bertz CT molecular complexity index is 643. The lowest BCUT2D eigenvalue weighted by Gasteiger charge is -2.09. The first-order valence-corrected chi connectivity index (χ1v) is 7.11. The fourth-order valence-corrected chi connectivity index (χ4v) is 2.26. The van der Waals surface area contributed by atoms with E-state index < -0.39 is 0 Å². The normalized spacial score (nSPS) is 10.2. The molecular weight excluding hydrogens is 339 g/mol. The number of hydrogen-bond acceptors (Lipinski definition) is 3. The van der Waals surface area contributed by atoms with E-state index >= 15 is 0 Å². The predicted molar refractivity (Wildman–Crippen MR) is 81.3 cm³/mol. The van der Waals surface area contributed by atoms with Crippen molar-refractivity contribution in [2.75, 3.05) is 13.7 Å². The lowest BCUT2D eigenvalue weighted by atomic mass is 10.1. The Balaban J connectivity index is 1.94. The summed E-state index contributed by atoms with van der Waals surface area (Å²) in [6, 6.07) is 11.4. The monoisotopic (exact) mass is 352 g/mol. The summed E-state index contributed by atoms with van der Waals surface area (Å²) in [4.78, 5) is 11.8. The van der Waals surface area contributed by atoms with Crippen molar-refractivity contribution in [1.82, 2.24) is 0 Å². The summed E-state index contributed by atoms with van der Waals surface area (Å²) < 4.78 is 24.7. The number of ether oxygens (including phenoxy) is 2. The highest BCUT2D eigenvalue weighted by atomic mass is 79.9. The minimum Gasteiger partial charge on any atom is -0.497 e. The van der Waals surface area contributed by atoms with E-state index in [9.17, 15) is 9.18 Å². The molecule has 0 saturated heterocycles. The SMILES string of the molecule is COc1ccc(OCC(=O)Cc2ccccc2F)c(Br)c1. The maximum atomic E-state index is 13.4. The van der Waals surface area contributed by atoms with Gasteiger partial charge in [0.25, 0.3) is 0 Å². The summed E-state index contributed by atoms with van der Waals surface area (Å²) >= 11 is 3.34. The molecule has 2 aromatic carbocycles. The van der Waals surface area contributed by atoms with Gasteiger partial charge < -0.3 is 9.47 Å². The van der Waals surface area contributed by atoms with Crippen LogP contribution in [0.15, 0.2) is 46.9 Å². The van der Waals surface area contributed by atoms with Crippen molar-refractivity contribution in [1.29, 1.82) is 0 Å². The molecule has 0 saturated carbocycles. The number of halogens is 2. The van der Waals surface area contributed by atoms with E-state index in [2.05, 4.69) is 15.9 Å². The molecule has 0 radical (unpaired) electrons. The van der Waals surface area contributed by atoms with E-state index in [0.717, 1.165) is 0 Å². The van der Waals surface area contributed by atoms with Crippen molar-refractivity contribution in [3.05, 3.63) is 58.3 Å². The quantitative estimate of drug-likeness (QED) is 0.793. The molecule has 0 bridgehead atoms. The van der Waals surface area contributed by atoms with E-state index in [1.165, 1.54) is 6.07 Å². The van der Waals surface area contributed by atoms with Gasteiger partial charge >= 0.3 is 0 Å². The van der Waals surface area contributed by atoms with Gasteiger partial charge in [-0.2, -0.15) is 0 Å². The summed E-state index contributed by atoms with van der Waals surface area (Å²) in [5, 5.41) is 0. The van der Waals surface area contributed by atoms with Crippen molar-refractivity contribution in [2.24, 2.45) is 0 Å². The molecule has 0 aromatic heterocycles. The Kier molecular flexibility index (Phi) is 5.33. The molecule has 2 aromatic rings. The van der Waals surface area contributed by atoms with Crippen molar-refractivity contribution in [3.63, 3.8) is 0 Å². The van der Waals surface area contributed by atoms with E-state index in [-0.39, 0.29) is 24.6 Å². The maximum Gasteiger partial charge on any atom is 0.174 e. The third-order valence-electron chi connectivity index (χ3n) is 2.87. The van der Waals surface area contributed by atoms with Gasteiger partial charge in [0.2, 0.25) is 0 Å². The Hall–Kier alpha value is -1.88. The Morgan fingerprint density at radius 2 is 2.00 bits per heavy atom. The van der Waals surface area contributed by atoms with Gasteiger partial charge in [-0.1, -0.05) is 18.2 Å². The van der Waals surface area contributed by atoms with E-state index in [4.69, 9.17) is 9.47 Å². The molecule has 0 aliphatic heterocycles. The zero-order valence-electron chi connectivity index (χ0n) is 11.4. The van der Waals surface area contributed by atoms with Gasteiger partial charge in [-0.3, -0.25) is 4.79 Å². The zero-order chi connectivity index (χ0) is 15.2. The van der Waals surface area contributed by atoms with Gasteiger partial charge in [0.05, 0.1) is 11.6 Å². The number of ketones is 1. The topological polar surface area (TPSA) is 35.5 Å². The van der Waals surface area contributed by atoms with E-state index in [1.807, 2.05) is 0 Å². The van der Waals surface area contributed by atoms with Crippen LogP contribution in [0.2, 0.25) is 0 Å². The van der Waals surface area contributed by atoms with Crippen molar-refractivity contribution in [3.8, 4) is 11.5 Å². The largest absolute Gasteiger partial charge is 0.497 e. The van der Waals surface area contributed by atoms with Crippen LogP contribution >= 0.6 is 15.9 Å². The lowest BCUT2D eigenvalue weighted by molar-refractivity contribution is -0.120. The second-order valence-electron chi connectivity index (χ2n) is 4.39. The number of Topliss-reactive ketones (excluding diaryl/α,β-unsaturated/α-hetero) is 1. The second kappa shape index (κ2) is 7.22. The number of carbonyl (C=O) groups is 1. The molecule has 0 unspecified atom stereocenters. The average Bonchev–Trinajstić information content (AvgIpc) is 2.48. The van der Waals surface area contributed by atoms with Crippen molar-refractivity contribution >= 4 is 21.7 Å². The van der Waals surface area contributed by atoms with Crippen LogP contribution in [-0.4, -0.2) is 19.5 Å². The number of hydrogen-bond donors (Lipinski definition) is 0. The Morgan fingerprint density at radius 3 is 2.67 bits per heavy atom. The minimum atomic E-state index is -0.378. The first kappa shape index (κ1) is 15.5. The molecule has 0 heterocycles. The summed E-state index contributed by atoms with van der Waals surface area (Å²) in [6.07, 6.45) is 0.0143. The van der Waals surface area contributed by atoms with Crippen LogP contribution in [-0.2, 0) is 11.2 Å². The van der Waals surface area contributed by atoms with E-state index in [1.54, 1.807) is 43.5 Å². The highest BCUT2D eigenvalue weighted by Gasteiger charge is 2.10. The average molecular weight is 353 g/mol. The Labute approximate surface area is 130 Å². The molecule has 0 spiro atoms. The second-order valence-corrected chi connectivity index (χ2v) is 5.25. The zero-order valence-corrected chi connectivity index (χ0v) is 13.0. The lowest BCUT2D eigenvalue weighted by Crippen LogP contribution is -2.14. The van der Waals surface area contributed by atoms with Gasteiger partial charge in [-0.05, 0) is 45.8 Å². The highest BCUT2D eigenvalue weighted by molar-refractivity contribution is 9.10. The predicted octanol–water partition coefficient (Wildman–Crippen LogP) is 3.79. The fourth-order valence-electron chi connectivity index (χ4n) is 1.79. The molecule has 0 fully saturated rings. The van der Waals surface area contributed by atoms with E-state index in [0.29, 0.717) is 21.5 Å². The van der Waals surface area contributed by atoms with Crippen LogP contribution in [0.25, 0.3) is 0 Å². The molecular formula is C16H14BrFO3. The number of methoxy groups -OCH3 is 1. The number of rotatable bonds is 6. The summed E-state index contributed by atoms with van der Waals surface area (Å²) in [6.45, 7) is -0.112. The first-order valence-electron chi connectivity index (χ1n) is 6.31. The highest BCUT2D eigenvalue weighted by Crippen LogP contribution is 2.29. The molecule has 21 heavy (non-hydrogen) atoms. The van der Waals surface area contributed by atoms with Crippen molar-refractivity contribution in [2.45, 2.75) is 6.42 Å². The standard InChI is InChI=1S/C16H14BrFO3/c1-20-13-6-7-16(14(17)9-13)21-10-12(19)8-11-4-2-3-5-15(11)18/h2-7,9H,8,10H2,1H3. The van der Waals surface area contributed by atoms with Gasteiger partial charge in [0, 0.05) is 6.42 Å². The molecule has 0 aliphatic carbocycles. The molecule has 3 nitrogen and oxygen atoms in total. The third-order valence-corrected chi connectivity index (χ3v) is 3.49. The van der Waals surface area contributed by atoms with Gasteiger partial charge in [0.1, 0.15) is 23.9 Å². The number of benzene rings is 2. The van der Waals surface area contributed by atoms with Crippen LogP contribution in [0.1, 0.15) is 5.56 Å². The van der Waals surface area contributed by atoms with Gasteiger partial charge in [-0.15, -0.1) is 0 Å². The summed E-state index contributed by atoms with van der Waals surface area (Å²) in [5.41, 5.74) is 0.375. The number of carbonyl (C=O) groups excluding carboxylic acids is 1. The fraction of sp³-hybridized carbons (Fsp3) is 0.188. The van der Waals surface area contributed by atoms with Crippen LogP contribution in [0.5, 0.6) is 11.5 Å². The maximum absolute atomic E-state index is 13.4. The molecule has 0 atom stereocenters.